The maximum Gasteiger partial charge on any atom is 0.151 e. The Bertz CT molecular complexity index is 460. The Morgan fingerprint density at radius 3 is 2.67 bits per heavy atom. The van der Waals surface area contributed by atoms with E-state index < -0.39 is 9.84 Å². The van der Waals surface area contributed by atoms with Crippen molar-refractivity contribution in [3.63, 3.8) is 0 Å². The fourth-order valence-electron chi connectivity index (χ4n) is 1.69. The molecule has 0 saturated heterocycles. The van der Waals surface area contributed by atoms with Crippen LogP contribution in [0.2, 0.25) is 0 Å². The zero-order valence-electron chi connectivity index (χ0n) is 10.7. The van der Waals surface area contributed by atoms with Gasteiger partial charge in [-0.1, -0.05) is 19.1 Å². The van der Waals surface area contributed by atoms with Crippen LogP contribution < -0.4 is 5.32 Å². The van der Waals surface area contributed by atoms with Crippen molar-refractivity contribution in [2.45, 2.75) is 19.8 Å². The predicted molar refractivity (Wildman–Crippen MR) is 71.9 cm³/mol. The van der Waals surface area contributed by atoms with Crippen molar-refractivity contribution in [2.75, 3.05) is 24.6 Å². The molecule has 0 aliphatic carbocycles. The Hall–Kier alpha value is -0.940. The van der Waals surface area contributed by atoms with Gasteiger partial charge in [0, 0.05) is 12.3 Å². The molecule has 0 heterocycles. The van der Waals surface area contributed by atoms with Gasteiger partial charge in [0.1, 0.15) is 5.82 Å². The first-order chi connectivity index (χ1) is 8.53. The highest BCUT2D eigenvalue weighted by molar-refractivity contribution is 7.91. The third-order valence-electron chi connectivity index (χ3n) is 2.58. The summed E-state index contributed by atoms with van der Waals surface area (Å²) in [6.45, 7) is 2.97. The Morgan fingerprint density at radius 2 is 2.00 bits per heavy atom. The quantitative estimate of drug-likeness (QED) is 0.734. The Morgan fingerprint density at radius 1 is 1.22 bits per heavy atom. The van der Waals surface area contributed by atoms with Gasteiger partial charge < -0.3 is 5.32 Å². The molecule has 5 heteroatoms. The molecule has 18 heavy (non-hydrogen) atoms. The van der Waals surface area contributed by atoms with E-state index in [1.165, 1.54) is 12.1 Å². The number of hydrogen-bond acceptors (Lipinski definition) is 3. The lowest BCUT2D eigenvalue weighted by Crippen LogP contribution is -2.26. The second-order valence-electron chi connectivity index (χ2n) is 4.28. The standard InChI is InChI=1S/C13H20FNO2S/c1-2-9-18(16,17)10-8-15-7-6-12-4-3-5-13(14)11-12/h3-5,11,15H,2,6-10H2,1H3. The normalized spacial score (nSPS) is 11.7. The van der Waals surface area contributed by atoms with Gasteiger partial charge in [-0.25, -0.2) is 12.8 Å². The molecule has 0 aliphatic heterocycles. The third kappa shape index (κ3) is 6.12. The highest BCUT2D eigenvalue weighted by Gasteiger charge is 2.07. The zero-order valence-corrected chi connectivity index (χ0v) is 11.5. The molecule has 0 saturated carbocycles. The first kappa shape index (κ1) is 15.1. The monoisotopic (exact) mass is 273 g/mol. The average Bonchev–Trinajstić information content (AvgIpc) is 2.28. The summed E-state index contributed by atoms with van der Waals surface area (Å²) in [4.78, 5) is 0. The topological polar surface area (TPSA) is 46.2 Å². The van der Waals surface area contributed by atoms with E-state index in [0.717, 1.165) is 5.56 Å². The molecule has 3 nitrogen and oxygen atoms in total. The first-order valence-electron chi connectivity index (χ1n) is 6.19. The lowest BCUT2D eigenvalue weighted by atomic mass is 10.1. The summed E-state index contributed by atoms with van der Waals surface area (Å²) in [5, 5.41) is 3.07. The van der Waals surface area contributed by atoms with Crippen molar-refractivity contribution in [1.82, 2.24) is 5.32 Å². The molecule has 1 aromatic rings. The van der Waals surface area contributed by atoms with Gasteiger partial charge in [0.2, 0.25) is 0 Å². The summed E-state index contributed by atoms with van der Waals surface area (Å²) in [5.41, 5.74) is 0.916. The van der Waals surface area contributed by atoms with Gasteiger partial charge in [-0.2, -0.15) is 0 Å². The summed E-state index contributed by atoms with van der Waals surface area (Å²) < 4.78 is 35.7. The van der Waals surface area contributed by atoms with Crippen molar-refractivity contribution >= 4 is 9.84 Å². The van der Waals surface area contributed by atoms with E-state index in [1.54, 1.807) is 6.07 Å². The van der Waals surface area contributed by atoms with Crippen LogP contribution in [0.25, 0.3) is 0 Å². The van der Waals surface area contributed by atoms with Crippen molar-refractivity contribution in [2.24, 2.45) is 0 Å². The molecule has 0 radical (unpaired) electrons. The van der Waals surface area contributed by atoms with E-state index in [0.29, 0.717) is 25.9 Å². The molecular weight excluding hydrogens is 253 g/mol. The maximum atomic E-state index is 12.9. The molecule has 0 unspecified atom stereocenters. The predicted octanol–water partition coefficient (Wildman–Crippen LogP) is 1.78. The molecule has 1 rings (SSSR count). The Kier molecular flexibility index (Phi) is 6.29. The van der Waals surface area contributed by atoms with Gasteiger partial charge in [-0.3, -0.25) is 0 Å². The summed E-state index contributed by atoms with van der Waals surface area (Å²) >= 11 is 0. The molecule has 1 N–H and O–H groups in total. The van der Waals surface area contributed by atoms with Gasteiger partial charge in [0.25, 0.3) is 0 Å². The van der Waals surface area contributed by atoms with E-state index in [9.17, 15) is 12.8 Å². The summed E-state index contributed by atoms with van der Waals surface area (Å²) in [7, 11) is -2.91. The number of nitrogens with one attached hydrogen (secondary N) is 1. The molecule has 1 aromatic carbocycles. The van der Waals surface area contributed by atoms with Crippen LogP contribution in [0.5, 0.6) is 0 Å². The summed E-state index contributed by atoms with van der Waals surface area (Å²) in [5.74, 6) is 0.181. The minimum Gasteiger partial charge on any atom is -0.315 e. The molecular formula is C13H20FNO2S. The van der Waals surface area contributed by atoms with Crippen LogP contribution >= 0.6 is 0 Å². The van der Waals surface area contributed by atoms with Crippen LogP contribution in [0.3, 0.4) is 0 Å². The smallest absolute Gasteiger partial charge is 0.151 e. The van der Waals surface area contributed by atoms with Gasteiger partial charge in [-0.15, -0.1) is 0 Å². The van der Waals surface area contributed by atoms with Crippen molar-refractivity contribution in [1.29, 1.82) is 0 Å². The molecule has 0 atom stereocenters. The van der Waals surface area contributed by atoms with E-state index in [2.05, 4.69) is 5.32 Å². The molecule has 0 aliphatic rings. The van der Waals surface area contributed by atoms with Gasteiger partial charge in [0.05, 0.1) is 5.75 Å². The molecule has 102 valence electrons. The molecule has 0 spiro atoms. The van der Waals surface area contributed by atoms with E-state index >= 15 is 0 Å². The number of sulfone groups is 1. The minimum atomic E-state index is -2.91. The van der Waals surface area contributed by atoms with E-state index in [4.69, 9.17) is 0 Å². The zero-order chi connectivity index (χ0) is 13.4. The lowest BCUT2D eigenvalue weighted by Gasteiger charge is -2.05. The summed E-state index contributed by atoms with van der Waals surface area (Å²) in [6, 6.07) is 6.44. The average molecular weight is 273 g/mol. The maximum absolute atomic E-state index is 12.9. The number of rotatable bonds is 8. The highest BCUT2D eigenvalue weighted by Crippen LogP contribution is 2.03. The van der Waals surface area contributed by atoms with Crippen LogP contribution in [0.4, 0.5) is 4.39 Å². The molecule has 0 aromatic heterocycles. The first-order valence-corrected chi connectivity index (χ1v) is 8.01. The fraction of sp³-hybridized carbons (Fsp3) is 0.538. The van der Waals surface area contributed by atoms with Gasteiger partial charge in [0.15, 0.2) is 9.84 Å². The van der Waals surface area contributed by atoms with Crippen LogP contribution in [-0.4, -0.2) is 33.0 Å². The van der Waals surface area contributed by atoms with Crippen LogP contribution in [-0.2, 0) is 16.3 Å². The van der Waals surface area contributed by atoms with Crippen molar-refractivity contribution in [3.05, 3.63) is 35.6 Å². The number of benzene rings is 1. The largest absolute Gasteiger partial charge is 0.315 e. The molecule has 0 bridgehead atoms. The fourth-order valence-corrected chi connectivity index (χ4v) is 2.97. The van der Waals surface area contributed by atoms with Crippen LogP contribution in [0, 0.1) is 5.82 Å². The molecule has 0 amide bonds. The number of hydrogen-bond donors (Lipinski definition) is 1. The van der Waals surface area contributed by atoms with E-state index in [1.807, 2.05) is 13.0 Å². The molecule has 0 fully saturated rings. The second-order valence-corrected chi connectivity index (χ2v) is 6.59. The van der Waals surface area contributed by atoms with Crippen LogP contribution in [0.1, 0.15) is 18.9 Å². The van der Waals surface area contributed by atoms with Crippen molar-refractivity contribution in [3.8, 4) is 0 Å². The van der Waals surface area contributed by atoms with E-state index in [-0.39, 0.29) is 17.3 Å². The third-order valence-corrected chi connectivity index (χ3v) is 4.44. The van der Waals surface area contributed by atoms with Gasteiger partial charge in [-0.05, 0) is 37.1 Å². The lowest BCUT2D eigenvalue weighted by molar-refractivity contribution is 0.589. The van der Waals surface area contributed by atoms with Crippen molar-refractivity contribution < 1.29 is 12.8 Å². The number of halogens is 1. The summed E-state index contributed by atoms with van der Waals surface area (Å²) in [6.07, 6.45) is 1.36. The minimum absolute atomic E-state index is 0.171. The SMILES string of the molecule is CCCS(=O)(=O)CCNCCc1cccc(F)c1. The highest BCUT2D eigenvalue weighted by atomic mass is 32.2. The second kappa shape index (κ2) is 7.48. The Balaban J connectivity index is 2.20. The van der Waals surface area contributed by atoms with Crippen LogP contribution in [0.15, 0.2) is 24.3 Å². The van der Waals surface area contributed by atoms with Gasteiger partial charge >= 0.3 is 0 Å². The Labute approximate surface area is 108 Å².